The number of ether oxygens (including phenoxy) is 3. The summed E-state index contributed by atoms with van der Waals surface area (Å²) in [7, 11) is 0. The van der Waals surface area contributed by atoms with Crippen LogP contribution in [0.3, 0.4) is 0 Å². The highest BCUT2D eigenvalue weighted by Crippen LogP contribution is 2.28. The molecule has 1 aliphatic rings. The fourth-order valence-corrected chi connectivity index (χ4v) is 3.23. The first-order chi connectivity index (χ1) is 14.8. The van der Waals surface area contributed by atoms with E-state index >= 15 is 0 Å². The molecule has 1 aromatic carbocycles. The molecule has 1 aliphatic heterocycles. The lowest BCUT2D eigenvalue weighted by Crippen LogP contribution is -2.44. The minimum atomic E-state index is -0.726. The molecule has 1 aromatic heterocycles. The zero-order valence-electron chi connectivity index (χ0n) is 17.1. The lowest BCUT2D eigenvalue weighted by molar-refractivity contribution is -0.192. The van der Waals surface area contributed by atoms with E-state index in [-0.39, 0.29) is 18.3 Å². The summed E-state index contributed by atoms with van der Waals surface area (Å²) in [5.74, 6) is -1.24. The number of hydrogen-bond acceptors (Lipinski definition) is 8. The molecule has 1 saturated heterocycles. The molecule has 2 aromatic rings. The Hall–Kier alpha value is -3.53. The summed E-state index contributed by atoms with van der Waals surface area (Å²) in [6, 6.07) is 10.0. The molecule has 1 N–H and O–H groups in total. The van der Waals surface area contributed by atoms with E-state index in [4.69, 9.17) is 14.2 Å². The molecule has 1 fully saturated rings. The van der Waals surface area contributed by atoms with E-state index in [1.54, 1.807) is 30.3 Å². The fourth-order valence-electron chi connectivity index (χ4n) is 3.23. The summed E-state index contributed by atoms with van der Waals surface area (Å²) in [6.07, 6.45) is 0.250. The van der Waals surface area contributed by atoms with Gasteiger partial charge in [0.2, 0.25) is 0 Å². The van der Waals surface area contributed by atoms with E-state index in [1.165, 1.54) is 30.7 Å². The van der Waals surface area contributed by atoms with Crippen molar-refractivity contribution in [1.29, 1.82) is 0 Å². The second kappa shape index (κ2) is 9.98. The second-order valence-electron chi connectivity index (χ2n) is 6.98. The molecular weight excluding hydrogens is 406 g/mol. The van der Waals surface area contributed by atoms with Gasteiger partial charge in [0.1, 0.15) is 30.9 Å². The zero-order chi connectivity index (χ0) is 22.4. The van der Waals surface area contributed by atoms with E-state index in [0.29, 0.717) is 18.4 Å². The molecule has 0 saturated carbocycles. The highest BCUT2D eigenvalue weighted by atomic mass is 16.6. The van der Waals surface area contributed by atoms with Crippen LogP contribution in [0.25, 0.3) is 0 Å². The molecule has 0 bridgehead atoms. The van der Waals surface area contributed by atoms with Gasteiger partial charge in [-0.2, -0.15) is 4.98 Å². The van der Waals surface area contributed by atoms with Crippen LogP contribution in [-0.2, 0) is 23.8 Å². The fraction of sp³-hybridized carbons (Fsp3) is 0.381. The van der Waals surface area contributed by atoms with Crippen molar-refractivity contribution in [2.75, 3.05) is 11.9 Å². The van der Waals surface area contributed by atoms with Crippen molar-refractivity contribution >= 4 is 23.7 Å². The third-order valence-corrected chi connectivity index (χ3v) is 4.63. The Morgan fingerprint density at radius 3 is 2.52 bits per heavy atom. The van der Waals surface area contributed by atoms with Crippen LogP contribution in [0.1, 0.15) is 43.3 Å². The predicted octanol–water partition coefficient (Wildman–Crippen LogP) is 1.67. The first kappa shape index (κ1) is 22.2. The summed E-state index contributed by atoms with van der Waals surface area (Å²) < 4.78 is 17.4. The molecule has 0 spiro atoms. The summed E-state index contributed by atoms with van der Waals surface area (Å²) in [6.45, 7) is 2.43. The molecule has 3 atom stereocenters. The molecule has 3 unspecified atom stereocenters. The van der Waals surface area contributed by atoms with Gasteiger partial charge in [-0.25, -0.2) is 4.79 Å². The van der Waals surface area contributed by atoms with E-state index in [2.05, 4.69) is 10.3 Å². The number of esters is 2. The largest absolute Gasteiger partial charge is 0.463 e. The molecule has 31 heavy (non-hydrogen) atoms. The van der Waals surface area contributed by atoms with E-state index in [9.17, 15) is 19.2 Å². The van der Waals surface area contributed by atoms with Gasteiger partial charge in [-0.1, -0.05) is 18.2 Å². The number of nitrogens with zero attached hydrogens (tertiary/aromatic N) is 2. The Labute approximate surface area is 178 Å². The van der Waals surface area contributed by atoms with Crippen LogP contribution < -0.4 is 11.0 Å². The average Bonchev–Trinajstić information content (AvgIpc) is 2.73. The van der Waals surface area contributed by atoms with Crippen LogP contribution in [0.2, 0.25) is 0 Å². The van der Waals surface area contributed by atoms with Crippen molar-refractivity contribution < 1.29 is 28.6 Å². The van der Waals surface area contributed by atoms with Gasteiger partial charge in [-0.15, -0.1) is 0 Å². The maximum Gasteiger partial charge on any atom is 0.351 e. The van der Waals surface area contributed by atoms with Gasteiger partial charge in [0.15, 0.2) is 0 Å². The summed E-state index contributed by atoms with van der Waals surface area (Å²) in [5, 5.41) is 2.58. The number of carbonyl (C=O) groups excluding carboxylic acids is 3. The molecule has 164 valence electrons. The average molecular weight is 429 g/mol. The number of nitrogens with one attached hydrogen (secondary N) is 1. The summed E-state index contributed by atoms with van der Waals surface area (Å²) in [5.41, 5.74) is -0.179. The number of aromatic nitrogens is 2. The number of benzene rings is 1. The van der Waals surface area contributed by atoms with E-state index < -0.39 is 36.1 Å². The van der Waals surface area contributed by atoms with Crippen molar-refractivity contribution in [3.8, 4) is 0 Å². The van der Waals surface area contributed by atoms with Crippen LogP contribution in [-0.4, -0.2) is 46.2 Å². The number of rotatable bonds is 6. The predicted molar refractivity (Wildman–Crippen MR) is 108 cm³/mol. The first-order valence-corrected chi connectivity index (χ1v) is 9.75. The van der Waals surface area contributed by atoms with Gasteiger partial charge in [0, 0.05) is 25.6 Å². The SMILES string of the molecule is CC(=O)OCC1OC(n2ccc(NC(=O)c3ccccc3)nc2=O)CCC1OC(C)=O. The Bertz CT molecular complexity index is 1010. The Morgan fingerprint density at radius 2 is 1.87 bits per heavy atom. The van der Waals surface area contributed by atoms with Gasteiger partial charge in [0.05, 0.1) is 0 Å². The number of hydrogen-bond donors (Lipinski definition) is 1. The Morgan fingerprint density at radius 1 is 1.13 bits per heavy atom. The van der Waals surface area contributed by atoms with Crippen LogP contribution in [0, 0.1) is 0 Å². The van der Waals surface area contributed by atoms with Crippen molar-refractivity contribution in [1.82, 2.24) is 9.55 Å². The maximum atomic E-state index is 12.5. The lowest BCUT2D eigenvalue weighted by atomic mass is 10.0. The smallest absolute Gasteiger partial charge is 0.351 e. The zero-order valence-corrected chi connectivity index (χ0v) is 17.1. The molecule has 10 heteroatoms. The standard InChI is InChI=1S/C21H23N3O7/c1-13(25)29-12-17-16(30-14(2)26)8-9-19(31-17)24-11-10-18(23-21(24)28)22-20(27)15-6-4-3-5-7-15/h3-7,10-11,16-17,19H,8-9,12H2,1-2H3,(H,22,23,27,28). The third kappa shape index (κ3) is 5.98. The monoisotopic (exact) mass is 429 g/mol. The van der Waals surface area contributed by atoms with Crippen LogP contribution in [0.4, 0.5) is 5.82 Å². The van der Waals surface area contributed by atoms with Crippen molar-refractivity contribution in [2.45, 2.75) is 45.1 Å². The quantitative estimate of drug-likeness (QED) is 0.688. The number of carbonyl (C=O) groups is 3. The summed E-state index contributed by atoms with van der Waals surface area (Å²) in [4.78, 5) is 51.2. The normalized spacial score (nSPS) is 20.5. The number of amides is 1. The molecular formula is C21H23N3O7. The van der Waals surface area contributed by atoms with Crippen LogP contribution >= 0.6 is 0 Å². The molecule has 2 heterocycles. The number of anilines is 1. The van der Waals surface area contributed by atoms with Crippen LogP contribution in [0.5, 0.6) is 0 Å². The van der Waals surface area contributed by atoms with Gasteiger partial charge in [0.25, 0.3) is 5.91 Å². The first-order valence-electron chi connectivity index (χ1n) is 9.75. The van der Waals surface area contributed by atoms with Crippen molar-refractivity contribution in [3.63, 3.8) is 0 Å². The highest BCUT2D eigenvalue weighted by molar-refractivity contribution is 6.03. The van der Waals surface area contributed by atoms with E-state index in [1.807, 2.05) is 0 Å². The second-order valence-corrected chi connectivity index (χ2v) is 6.98. The van der Waals surface area contributed by atoms with Gasteiger partial charge in [-0.05, 0) is 31.0 Å². The van der Waals surface area contributed by atoms with E-state index in [0.717, 1.165) is 0 Å². The molecule has 1 amide bonds. The van der Waals surface area contributed by atoms with Gasteiger partial charge >= 0.3 is 17.6 Å². The van der Waals surface area contributed by atoms with Crippen molar-refractivity contribution in [3.05, 3.63) is 58.6 Å². The minimum Gasteiger partial charge on any atom is -0.463 e. The molecule has 10 nitrogen and oxygen atoms in total. The van der Waals surface area contributed by atoms with Crippen molar-refractivity contribution in [2.24, 2.45) is 0 Å². The van der Waals surface area contributed by atoms with Gasteiger partial charge in [-0.3, -0.25) is 19.0 Å². The third-order valence-electron chi connectivity index (χ3n) is 4.63. The molecule has 0 aliphatic carbocycles. The van der Waals surface area contributed by atoms with Crippen LogP contribution in [0.15, 0.2) is 47.4 Å². The molecule has 0 radical (unpaired) electrons. The Balaban J connectivity index is 1.71. The maximum absolute atomic E-state index is 12.5. The minimum absolute atomic E-state index is 0.111. The lowest BCUT2D eigenvalue weighted by Gasteiger charge is -2.35. The topological polar surface area (TPSA) is 126 Å². The summed E-state index contributed by atoms with van der Waals surface area (Å²) >= 11 is 0. The molecule has 3 rings (SSSR count). The Kier molecular flexibility index (Phi) is 7.14. The highest BCUT2D eigenvalue weighted by Gasteiger charge is 2.35. The van der Waals surface area contributed by atoms with Gasteiger partial charge < -0.3 is 19.5 Å².